The largest absolute Gasteiger partial charge is 0.483 e. The number of aryl methyl sites for hydroxylation is 3. The molecule has 0 heterocycles. The number of amides is 1. The first-order valence-electron chi connectivity index (χ1n) is 10.7. The van der Waals surface area contributed by atoms with E-state index in [2.05, 4.69) is 26.0 Å². The van der Waals surface area contributed by atoms with E-state index in [1.54, 1.807) is 37.3 Å². The van der Waals surface area contributed by atoms with Crippen LogP contribution in [-0.2, 0) is 27.7 Å². The molecule has 3 aromatic carbocycles. The van der Waals surface area contributed by atoms with E-state index in [1.807, 2.05) is 32.0 Å². The van der Waals surface area contributed by atoms with Gasteiger partial charge in [-0.15, -0.1) is 0 Å². The summed E-state index contributed by atoms with van der Waals surface area (Å²) >= 11 is 3.52. The summed E-state index contributed by atoms with van der Waals surface area (Å²) in [4.78, 5) is 12.7. The maximum absolute atomic E-state index is 12.7. The van der Waals surface area contributed by atoms with Crippen LogP contribution in [0.15, 0.2) is 70.0 Å². The molecule has 0 saturated heterocycles. The van der Waals surface area contributed by atoms with E-state index in [0.717, 1.165) is 34.1 Å². The second-order valence-corrected chi connectivity index (χ2v) is 10.1. The second kappa shape index (κ2) is 10.9. The van der Waals surface area contributed by atoms with Crippen molar-refractivity contribution in [3.05, 3.63) is 81.8 Å². The summed E-state index contributed by atoms with van der Waals surface area (Å²) in [7, 11) is -3.73. The number of rotatable bonds is 9. The molecule has 0 spiro atoms. The van der Waals surface area contributed by atoms with Gasteiger partial charge in [0.15, 0.2) is 6.61 Å². The van der Waals surface area contributed by atoms with Crippen LogP contribution < -0.4 is 14.8 Å². The summed E-state index contributed by atoms with van der Waals surface area (Å²) in [6, 6.07) is 17.2. The number of carbonyl (C=O) groups excluding carboxylic acids is 1. The van der Waals surface area contributed by atoms with Gasteiger partial charge in [-0.2, -0.15) is 0 Å². The second-order valence-electron chi connectivity index (χ2n) is 7.54. The molecule has 1 amide bonds. The van der Waals surface area contributed by atoms with Gasteiger partial charge in [-0.3, -0.25) is 9.52 Å². The van der Waals surface area contributed by atoms with Gasteiger partial charge in [0.1, 0.15) is 5.75 Å². The van der Waals surface area contributed by atoms with Crippen molar-refractivity contribution in [2.45, 2.75) is 38.5 Å². The molecular weight excluding hydrogens is 504 g/mol. The molecule has 33 heavy (non-hydrogen) atoms. The Hall–Kier alpha value is -2.84. The van der Waals surface area contributed by atoms with E-state index in [0.29, 0.717) is 17.0 Å². The van der Waals surface area contributed by atoms with Crippen molar-refractivity contribution in [1.29, 1.82) is 0 Å². The van der Waals surface area contributed by atoms with Crippen molar-refractivity contribution in [1.82, 2.24) is 0 Å². The van der Waals surface area contributed by atoms with Gasteiger partial charge in [0, 0.05) is 15.8 Å². The topological polar surface area (TPSA) is 84.5 Å². The predicted octanol–water partition coefficient (Wildman–Crippen LogP) is 5.70. The van der Waals surface area contributed by atoms with E-state index >= 15 is 0 Å². The predicted molar refractivity (Wildman–Crippen MR) is 135 cm³/mol. The van der Waals surface area contributed by atoms with E-state index in [9.17, 15) is 13.2 Å². The third-order valence-corrected chi connectivity index (χ3v) is 6.97. The number of carbonyl (C=O) groups is 1. The lowest BCUT2D eigenvalue weighted by Crippen LogP contribution is -2.22. The maximum Gasteiger partial charge on any atom is 0.262 e. The fraction of sp³-hybridized carbons (Fsp3) is 0.240. The summed E-state index contributed by atoms with van der Waals surface area (Å²) in [5, 5.41) is 2.97. The molecule has 6 nitrogen and oxygen atoms in total. The number of hydrogen-bond acceptors (Lipinski definition) is 4. The molecule has 0 atom stereocenters. The summed E-state index contributed by atoms with van der Waals surface area (Å²) < 4.78 is 34.5. The van der Waals surface area contributed by atoms with Crippen molar-refractivity contribution in [2.75, 3.05) is 16.6 Å². The van der Waals surface area contributed by atoms with Crippen LogP contribution in [0.5, 0.6) is 5.75 Å². The molecule has 2 N–H and O–H groups in total. The Bertz CT molecular complexity index is 1220. The minimum Gasteiger partial charge on any atom is -0.483 e. The first-order valence-corrected chi connectivity index (χ1v) is 12.9. The summed E-state index contributed by atoms with van der Waals surface area (Å²) in [6.07, 6.45) is 1.57. The molecule has 3 rings (SSSR count). The Morgan fingerprint density at radius 2 is 1.61 bits per heavy atom. The molecule has 8 heteroatoms. The molecule has 0 radical (unpaired) electrons. The van der Waals surface area contributed by atoms with E-state index in [-0.39, 0.29) is 17.4 Å². The third kappa shape index (κ3) is 6.36. The lowest BCUT2D eigenvalue weighted by atomic mass is 10.0. The Balaban J connectivity index is 1.68. The standard InChI is InChI=1S/C25H27BrN2O4S/c1-4-18-14-20(26)15-19(5-2)25(18)27-24(29)16-32-23-12-11-22(13-17(23)3)33(30,31)28-21-9-7-6-8-10-21/h6-15,28H,4-5,16H2,1-3H3,(H,27,29). The van der Waals surface area contributed by atoms with E-state index in [1.165, 1.54) is 12.1 Å². The molecule has 174 valence electrons. The Kier molecular flexibility index (Phi) is 8.15. The molecular formula is C25H27BrN2O4S. The highest BCUT2D eigenvalue weighted by Crippen LogP contribution is 2.28. The van der Waals surface area contributed by atoms with Crippen LogP contribution in [0.4, 0.5) is 11.4 Å². The number of hydrogen-bond donors (Lipinski definition) is 2. The number of para-hydroxylation sites is 1. The normalized spacial score (nSPS) is 11.2. The molecule has 0 aromatic heterocycles. The Labute approximate surface area is 203 Å². The van der Waals surface area contributed by atoms with Gasteiger partial charge < -0.3 is 10.1 Å². The number of ether oxygens (including phenoxy) is 1. The number of nitrogens with one attached hydrogen (secondary N) is 2. The summed E-state index contributed by atoms with van der Waals surface area (Å²) in [5.41, 5.74) is 4.02. The molecule has 0 aliphatic carbocycles. The number of anilines is 2. The molecule has 0 saturated carbocycles. The molecule has 3 aromatic rings. The lowest BCUT2D eigenvalue weighted by Gasteiger charge is -2.16. The van der Waals surface area contributed by atoms with Crippen molar-refractivity contribution >= 4 is 43.2 Å². The van der Waals surface area contributed by atoms with Crippen LogP contribution in [-0.4, -0.2) is 20.9 Å². The molecule has 0 aliphatic rings. The monoisotopic (exact) mass is 530 g/mol. The van der Waals surface area contributed by atoms with Crippen molar-refractivity contribution in [2.24, 2.45) is 0 Å². The van der Waals surface area contributed by atoms with Gasteiger partial charge >= 0.3 is 0 Å². The highest BCUT2D eigenvalue weighted by atomic mass is 79.9. The quantitative estimate of drug-likeness (QED) is 0.371. The first-order chi connectivity index (χ1) is 15.7. The van der Waals surface area contributed by atoms with Crippen molar-refractivity contribution in [3.63, 3.8) is 0 Å². The average Bonchev–Trinajstić information content (AvgIpc) is 2.79. The van der Waals surface area contributed by atoms with Gasteiger partial charge in [0.25, 0.3) is 15.9 Å². The summed E-state index contributed by atoms with van der Waals surface area (Å²) in [5.74, 6) is 0.176. The zero-order valence-corrected chi connectivity index (χ0v) is 21.2. The highest BCUT2D eigenvalue weighted by molar-refractivity contribution is 9.10. The van der Waals surface area contributed by atoms with Gasteiger partial charge in [0.05, 0.1) is 4.90 Å². The summed E-state index contributed by atoms with van der Waals surface area (Å²) in [6.45, 7) is 5.64. The van der Waals surface area contributed by atoms with Crippen LogP contribution in [0.2, 0.25) is 0 Å². The number of benzene rings is 3. The zero-order chi connectivity index (χ0) is 24.0. The van der Waals surface area contributed by atoms with Crippen LogP contribution in [0, 0.1) is 6.92 Å². The van der Waals surface area contributed by atoms with Crippen LogP contribution >= 0.6 is 15.9 Å². The van der Waals surface area contributed by atoms with Gasteiger partial charge in [-0.25, -0.2) is 8.42 Å². The van der Waals surface area contributed by atoms with Gasteiger partial charge in [0.2, 0.25) is 0 Å². The van der Waals surface area contributed by atoms with Crippen LogP contribution in [0.1, 0.15) is 30.5 Å². The number of sulfonamides is 1. The van der Waals surface area contributed by atoms with Gasteiger partial charge in [-0.05, 0) is 78.9 Å². The van der Waals surface area contributed by atoms with Crippen molar-refractivity contribution in [3.8, 4) is 5.75 Å². The van der Waals surface area contributed by atoms with E-state index < -0.39 is 10.0 Å². The third-order valence-electron chi connectivity index (χ3n) is 5.13. The SMILES string of the molecule is CCc1cc(Br)cc(CC)c1NC(=O)COc1ccc(S(=O)(=O)Nc2ccccc2)cc1C. The fourth-order valence-corrected chi connectivity index (χ4v) is 5.13. The highest BCUT2D eigenvalue weighted by Gasteiger charge is 2.17. The van der Waals surface area contributed by atoms with Crippen LogP contribution in [0.3, 0.4) is 0 Å². The smallest absolute Gasteiger partial charge is 0.262 e. The molecule has 0 fully saturated rings. The fourth-order valence-electron chi connectivity index (χ4n) is 3.43. The Morgan fingerprint density at radius 3 is 2.18 bits per heavy atom. The molecule has 0 unspecified atom stereocenters. The van der Waals surface area contributed by atoms with E-state index in [4.69, 9.17) is 4.74 Å². The minimum atomic E-state index is -3.73. The zero-order valence-electron chi connectivity index (χ0n) is 18.8. The average molecular weight is 531 g/mol. The lowest BCUT2D eigenvalue weighted by molar-refractivity contribution is -0.118. The first kappa shape index (κ1) is 24.8. The van der Waals surface area contributed by atoms with Crippen LogP contribution in [0.25, 0.3) is 0 Å². The maximum atomic E-state index is 12.7. The minimum absolute atomic E-state index is 0.121. The molecule has 0 aliphatic heterocycles. The number of halogens is 1. The molecule has 0 bridgehead atoms. The van der Waals surface area contributed by atoms with Gasteiger partial charge in [-0.1, -0.05) is 48.0 Å². The Morgan fingerprint density at radius 1 is 0.970 bits per heavy atom. The van der Waals surface area contributed by atoms with Crippen molar-refractivity contribution < 1.29 is 17.9 Å².